The minimum absolute atomic E-state index is 0.182. The van der Waals surface area contributed by atoms with Crippen LogP contribution in [0, 0.1) is 0 Å². The molecule has 2 aromatic carbocycles. The lowest BCUT2D eigenvalue weighted by molar-refractivity contribution is -0.274. The molecule has 0 spiro atoms. The molecule has 0 aliphatic rings. The highest BCUT2D eigenvalue weighted by atomic mass is 35.5. The average Bonchev–Trinajstić information content (AvgIpc) is 3.15. The van der Waals surface area contributed by atoms with Crippen molar-refractivity contribution >= 4 is 17.5 Å². The molecule has 8 nitrogen and oxygen atoms in total. The van der Waals surface area contributed by atoms with E-state index in [1.807, 2.05) is 0 Å². The van der Waals surface area contributed by atoms with Crippen LogP contribution < -0.4 is 4.74 Å². The van der Waals surface area contributed by atoms with E-state index in [2.05, 4.69) is 24.8 Å². The van der Waals surface area contributed by atoms with Crippen molar-refractivity contribution in [1.82, 2.24) is 14.8 Å². The SMILES string of the molecule is [N-]=[N+]=NC(=O)c1ccc(CCc2ncn(-c3ccc(OC(F)(F)F)cc3)n2)c(Cl)c1. The number of hydrogen-bond acceptors (Lipinski definition) is 4. The molecular formula is C18H12ClF3N6O2. The Bertz CT molecular complexity index is 1110. The molecule has 0 fully saturated rings. The van der Waals surface area contributed by atoms with Crippen molar-refractivity contribution in [3.63, 3.8) is 0 Å². The Morgan fingerprint density at radius 1 is 1.20 bits per heavy atom. The molecule has 0 N–H and O–H groups in total. The van der Waals surface area contributed by atoms with Gasteiger partial charge in [-0.3, -0.25) is 4.79 Å². The van der Waals surface area contributed by atoms with Gasteiger partial charge in [0.2, 0.25) is 5.91 Å². The second-order valence-electron chi connectivity index (χ2n) is 5.95. The normalized spacial score (nSPS) is 11.1. The van der Waals surface area contributed by atoms with Gasteiger partial charge in [0, 0.05) is 21.9 Å². The lowest BCUT2D eigenvalue weighted by Crippen LogP contribution is -2.17. The van der Waals surface area contributed by atoms with E-state index in [9.17, 15) is 18.0 Å². The highest BCUT2D eigenvalue weighted by Gasteiger charge is 2.31. The van der Waals surface area contributed by atoms with Gasteiger partial charge >= 0.3 is 6.36 Å². The Labute approximate surface area is 172 Å². The molecule has 0 aliphatic carbocycles. The minimum Gasteiger partial charge on any atom is -0.406 e. The summed E-state index contributed by atoms with van der Waals surface area (Å²) in [6, 6.07) is 9.80. The van der Waals surface area contributed by atoms with Gasteiger partial charge in [0.15, 0.2) is 5.82 Å². The van der Waals surface area contributed by atoms with E-state index in [1.165, 1.54) is 47.4 Å². The zero-order valence-electron chi connectivity index (χ0n) is 15.0. The van der Waals surface area contributed by atoms with E-state index < -0.39 is 12.3 Å². The third-order valence-corrected chi connectivity index (χ3v) is 4.28. The van der Waals surface area contributed by atoms with Gasteiger partial charge < -0.3 is 4.74 Å². The number of benzene rings is 2. The Balaban J connectivity index is 1.65. The number of rotatable bonds is 6. The molecule has 1 aromatic heterocycles. The van der Waals surface area contributed by atoms with Crippen LogP contribution in [0.1, 0.15) is 21.7 Å². The van der Waals surface area contributed by atoms with Gasteiger partial charge in [-0.2, -0.15) is 5.10 Å². The van der Waals surface area contributed by atoms with E-state index >= 15 is 0 Å². The van der Waals surface area contributed by atoms with Gasteiger partial charge in [-0.15, -0.1) is 13.2 Å². The molecule has 3 aromatic rings. The molecule has 0 aliphatic heterocycles. The van der Waals surface area contributed by atoms with E-state index in [1.54, 1.807) is 6.07 Å². The smallest absolute Gasteiger partial charge is 0.406 e. The zero-order valence-corrected chi connectivity index (χ0v) is 15.8. The molecule has 1 amide bonds. The van der Waals surface area contributed by atoms with E-state index in [-0.39, 0.29) is 11.3 Å². The zero-order chi connectivity index (χ0) is 21.7. The standard InChI is InChI=1S/C18H12ClF3N6O2/c19-15-9-12(17(29)25-27-23)2-1-11(15)3-8-16-24-10-28(26-16)13-4-6-14(7-5-13)30-18(20,21)22/h1-2,4-7,9-10H,3,8H2. The summed E-state index contributed by atoms with van der Waals surface area (Å²) >= 11 is 6.18. The molecule has 0 saturated carbocycles. The summed E-state index contributed by atoms with van der Waals surface area (Å²) in [5.41, 5.74) is 9.76. The Morgan fingerprint density at radius 2 is 1.93 bits per heavy atom. The highest BCUT2D eigenvalue weighted by molar-refractivity contribution is 6.31. The lowest BCUT2D eigenvalue weighted by Gasteiger charge is -2.09. The van der Waals surface area contributed by atoms with Crippen molar-refractivity contribution in [3.05, 3.63) is 81.2 Å². The topological polar surface area (TPSA) is 106 Å². The van der Waals surface area contributed by atoms with Crippen LogP contribution in [0.5, 0.6) is 5.75 Å². The fraction of sp³-hybridized carbons (Fsp3) is 0.167. The van der Waals surface area contributed by atoms with Gasteiger partial charge in [0.25, 0.3) is 0 Å². The first-order chi connectivity index (χ1) is 14.2. The monoisotopic (exact) mass is 436 g/mol. The second kappa shape index (κ2) is 8.85. The number of hydrogen-bond donors (Lipinski definition) is 0. The van der Waals surface area contributed by atoms with Gasteiger partial charge in [-0.1, -0.05) is 23.7 Å². The Hall–Kier alpha value is -3.56. The number of ether oxygens (including phenoxy) is 1. The Kier molecular flexibility index (Phi) is 6.24. The number of halogens is 4. The van der Waals surface area contributed by atoms with Gasteiger partial charge in [0.05, 0.1) is 5.69 Å². The molecule has 154 valence electrons. The predicted molar refractivity (Wildman–Crippen MR) is 100 cm³/mol. The van der Waals surface area contributed by atoms with Crippen LogP contribution in [0.3, 0.4) is 0 Å². The van der Waals surface area contributed by atoms with Crippen LogP contribution in [0.25, 0.3) is 16.1 Å². The summed E-state index contributed by atoms with van der Waals surface area (Å²) in [4.78, 5) is 18.2. The first-order valence-electron chi connectivity index (χ1n) is 8.40. The highest BCUT2D eigenvalue weighted by Crippen LogP contribution is 2.24. The molecule has 1 heterocycles. The molecule has 0 radical (unpaired) electrons. The van der Waals surface area contributed by atoms with E-state index in [0.29, 0.717) is 29.4 Å². The molecule has 0 unspecified atom stereocenters. The van der Waals surface area contributed by atoms with Crippen LogP contribution in [0.2, 0.25) is 5.02 Å². The molecule has 0 saturated heterocycles. The summed E-state index contributed by atoms with van der Waals surface area (Å²) in [7, 11) is 0. The molecule has 30 heavy (non-hydrogen) atoms. The largest absolute Gasteiger partial charge is 0.573 e. The average molecular weight is 437 g/mol. The lowest BCUT2D eigenvalue weighted by atomic mass is 10.1. The fourth-order valence-corrected chi connectivity index (χ4v) is 2.84. The van der Waals surface area contributed by atoms with Gasteiger partial charge in [-0.25, -0.2) is 9.67 Å². The quantitative estimate of drug-likeness (QED) is 0.306. The van der Waals surface area contributed by atoms with E-state index in [0.717, 1.165) is 5.56 Å². The van der Waals surface area contributed by atoms with E-state index in [4.69, 9.17) is 17.1 Å². The van der Waals surface area contributed by atoms with Crippen molar-refractivity contribution in [2.24, 2.45) is 5.11 Å². The first kappa shape index (κ1) is 21.2. The second-order valence-corrected chi connectivity index (χ2v) is 6.36. The number of azide groups is 1. The van der Waals surface area contributed by atoms with Crippen molar-refractivity contribution in [3.8, 4) is 11.4 Å². The molecule has 0 bridgehead atoms. The third kappa shape index (κ3) is 5.49. The number of nitrogens with zero attached hydrogens (tertiary/aromatic N) is 6. The summed E-state index contributed by atoms with van der Waals surface area (Å²) in [5, 5.41) is 7.64. The van der Waals surface area contributed by atoms with Crippen molar-refractivity contribution in [2.45, 2.75) is 19.2 Å². The number of alkyl halides is 3. The summed E-state index contributed by atoms with van der Waals surface area (Å²) in [5.74, 6) is -0.558. The van der Waals surface area contributed by atoms with Gasteiger partial charge in [0.1, 0.15) is 12.1 Å². The minimum atomic E-state index is -4.75. The molecule has 0 atom stereocenters. The summed E-state index contributed by atoms with van der Waals surface area (Å²) < 4.78 is 41.9. The van der Waals surface area contributed by atoms with Gasteiger partial charge in [-0.05, 0) is 53.0 Å². The Morgan fingerprint density at radius 3 is 2.57 bits per heavy atom. The summed E-state index contributed by atoms with van der Waals surface area (Å²) in [6.07, 6.45) is -2.39. The predicted octanol–water partition coefficient (Wildman–Crippen LogP) is 5.06. The maximum atomic E-state index is 12.2. The number of carbonyl (C=O) groups is 1. The molecular weight excluding hydrogens is 425 g/mol. The van der Waals surface area contributed by atoms with Crippen LogP contribution in [0.4, 0.5) is 13.2 Å². The van der Waals surface area contributed by atoms with Crippen LogP contribution in [-0.2, 0) is 12.8 Å². The maximum absolute atomic E-state index is 12.2. The van der Waals surface area contributed by atoms with Crippen molar-refractivity contribution < 1.29 is 22.7 Å². The van der Waals surface area contributed by atoms with Crippen LogP contribution in [0.15, 0.2) is 53.9 Å². The first-order valence-corrected chi connectivity index (χ1v) is 8.77. The van der Waals surface area contributed by atoms with Crippen LogP contribution in [-0.4, -0.2) is 27.0 Å². The third-order valence-electron chi connectivity index (χ3n) is 3.93. The summed E-state index contributed by atoms with van der Waals surface area (Å²) in [6.45, 7) is 0. The van der Waals surface area contributed by atoms with Crippen molar-refractivity contribution in [1.29, 1.82) is 0 Å². The number of aryl methyl sites for hydroxylation is 2. The number of aromatic nitrogens is 3. The number of carbonyl (C=O) groups excluding carboxylic acids is 1. The molecule has 3 rings (SSSR count). The number of amides is 1. The van der Waals surface area contributed by atoms with Crippen molar-refractivity contribution in [2.75, 3.05) is 0 Å². The molecule has 12 heteroatoms. The van der Waals surface area contributed by atoms with Crippen LogP contribution >= 0.6 is 11.6 Å². The fourth-order valence-electron chi connectivity index (χ4n) is 2.56. The maximum Gasteiger partial charge on any atom is 0.573 e.